The highest BCUT2D eigenvalue weighted by atomic mass is 16.3. The number of phenolic OH excluding ortho intramolecular Hbond substituents is 1. The third kappa shape index (κ3) is 4.04. The predicted octanol–water partition coefficient (Wildman–Crippen LogP) is 1.21. The van der Waals surface area contributed by atoms with Crippen LogP contribution in [0.5, 0.6) is 5.75 Å². The predicted molar refractivity (Wildman–Crippen MR) is 89.0 cm³/mol. The number of carbonyl (C=O) groups is 2. The first-order chi connectivity index (χ1) is 11.4. The second-order valence-electron chi connectivity index (χ2n) is 5.61. The largest absolute Gasteiger partial charge is 0.508 e. The summed E-state index contributed by atoms with van der Waals surface area (Å²) in [6.07, 6.45) is 1.37. The number of rotatable bonds is 3. The van der Waals surface area contributed by atoms with Gasteiger partial charge < -0.3 is 20.2 Å². The van der Waals surface area contributed by atoms with Gasteiger partial charge in [-0.05, 0) is 30.7 Å². The number of anilines is 1. The van der Waals surface area contributed by atoms with Crippen molar-refractivity contribution in [2.24, 2.45) is 0 Å². The fourth-order valence-electron chi connectivity index (χ4n) is 2.50. The molecule has 0 bridgehead atoms. The maximum Gasteiger partial charge on any atom is 0.266 e. The number of aromatic hydroxyl groups is 1. The van der Waals surface area contributed by atoms with E-state index in [-0.39, 0.29) is 23.1 Å². The molecule has 0 spiro atoms. The van der Waals surface area contributed by atoms with Crippen molar-refractivity contribution < 1.29 is 14.7 Å². The van der Waals surface area contributed by atoms with Crippen LogP contribution in [0.1, 0.15) is 12.5 Å². The summed E-state index contributed by atoms with van der Waals surface area (Å²) in [6.45, 7) is 5.09. The summed E-state index contributed by atoms with van der Waals surface area (Å²) in [5.74, 6) is -0.214. The molecule has 126 valence electrons. The first-order valence-electron chi connectivity index (χ1n) is 7.63. The lowest BCUT2D eigenvalue weighted by Gasteiger charge is -2.34. The monoisotopic (exact) mass is 328 g/mol. The van der Waals surface area contributed by atoms with Crippen LogP contribution in [0, 0.1) is 18.3 Å². The Morgan fingerprint density at radius 2 is 1.88 bits per heavy atom. The summed E-state index contributed by atoms with van der Waals surface area (Å²) in [5, 5.41) is 21.6. The summed E-state index contributed by atoms with van der Waals surface area (Å²) in [4.78, 5) is 27.0. The van der Waals surface area contributed by atoms with E-state index in [0.29, 0.717) is 31.9 Å². The highest BCUT2D eigenvalue weighted by Gasteiger charge is 2.24. The lowest BCUT2D eigenvalue weighted by atomic mass is 10.2. The van der Waals surface area contributed by atoms with Crippen LogP contribution in [0.15, 0.2) is 30.0 Å². The van der Waals surface area contributed by atoms with Gasteiger partial charge in [-0.15, -0.1) is 0 Å². The Labute approximate surface area is 140 Å². The molecule has 1 aromatic carbocycles. The highest BCUT2D eigenvalue weighted by Crippen LogP contribution is 2.20. The zero-order valence-corrected chi connectivity index (χ0v) is 13.7. The normalized spacial score (nSPS) is 15.0. The molecular formula is C17H20N4O3. The second-order valence-corrected chi connectivity index (χ2v) is 5.61. The van der Waals surface area contributed by atoms with Crippen LogP contribution in [-0.2, 0) is 9.59 Å². The van der Waals surface area contributed by atoms with E-state index in [9.17, 15) is 20.0 Å². The van der Waals surface area contributed by atoms with Crippen LogP contribution < -0.4 is 5.32 Å². The lowest BCUT2D eigenvalue weighted by molar-refractivity contribution is -0.136. The maximum atomic E-state index is 12.4. The second kappa shape index (κ2) is 7.51. The van der Waals surface area contributed by atoms with E-state index in [1.165, 1.54) is 19.2 Å². The molecule has 1 aliphatic rings. The maximum absolute atomic E-state index is 12.4. The molecule has 2 N–H and O–H groups in total. The molecule has 1 aliphatic heterocycles. The number of amides is 2. The summed E-state index contributed by atoms with van der Waals surface area (Å²) >= 11 is 0. The first-order valence-corrected chi connectivity index (χ1v) is 7.63. The number of piperazine rings is 1. The Morgan fingerprint density at radius 1 is 1.25 bits per heavy atom. The average molecular weight is 328 g/mol. The Balaban J connectivity index is 2.04. The van der Waals surface area contributed by atoms with Gasteiger partial charge in [0.05, 0.1) is 0 Å². The third-order valence-corrected chi connectivity index (χ3v) is 3.95. The Hall–Kier alpha value is -3.01. The molecule has 0 saturated carbocycles. The van der Waals surface area contributed by atoms with Crippen LogP contribution in [0.4, 0.5) is 5.69 Å². The van der Waals surface area contributed by atoms with Crippen molar-refractivity contribution in [3.63, 3.8) is 0 Å². The van der Waals surface area contributed by atoms with Gasteiger partial charge in [-0.25, -0.2) is 0 Å². The molecule has 7 nitrogen and oxygen atoms in total. The number of hydrogen-bond donors (Lipinski definition) is 2. The first kappa shape index (κ1) is 17.3. The van der Waals surface area contributed by atoms with Crippen molar-refractivity contribution in [2.75, 3.05) is 31.5 Å². The third-order valence-electron chi connectivity index (χ3n) is 3.95. The molecule has 1 saturated heterocycles. The average Bonchev–Trinajstić information content (AvgIpc) is 2.57. The number of carbonyl (C=O) groups excluding carboxylic acids is 2. The fraction of sp³-hybridized carbons (Fsp3) is 0.353. The number of nitrogens with zero attached hydrogens (tertiary/aromatic N) is 3. The van der Waals surface area contributed by atoms with Gasteiger partial charge in [0.25, 0.3) is 5.91 Å². The minimum absolute atomic E-state index is 0.00116. The molecule has 7 heteroatoms. The lowest BCUT2D eigenvalue weighted by Crippen LogP contribution is -2.50. The van der Waals surface area contributed by atoms with Gasteiger partial charge in [-0.3, -0.25) is 9.59 Å². The van der Waals surface area contributed by atoms with E-state index in [0.717, 1.165) is 5.56 Å². The molecule has 2 amide bonds. The molecule has 0 aliphatic carbocycles. The number of nitrogens with one attached hydrogen (secondary N) is 1. The summed E-state index contributed by atoms with van der Waals surface area (Å²) in [5.41, 5.74) is 1.50. The smallest absolute Gasteiger partial charge is 0.266 e. The van der Waals surface area contributed by atoms with Crippen molar-refractivity contribution in [3.05, 3.63) is 35.5 Å². The summed E-state index contributed by atoms with van der Waals surface area (Å²) < 4.78 is 0. The minimum atomic E-state index is -0.357. The summed E-state index contributed by atoms with van der Waals surface area (Å²) in [6, 6.07) is 6.70. The van der Waals surface area contributed by atoms with Gasteiger partial charge in [-0.2, -0.15) is 5.26 Å². The zero-order valence-electron chi connectivity index (χ0n) is 13.7. The van der Waals surface area contributed by atoms with Crippen LogP contribution >= 0.6 is 0 Å². The minimum Gasteiger partial charge on any atom is -0.508 e. The molecular weight excluding hydrogens is 308 g/mol. The van der Waals surface area contributed by atoms with Crippen molar-refractivity contribution in [1.29, 1.82) is 5.26 Å². The molecule has 0 atom stereocenters. The Bertz CT molecular complexity index is 713. The molecule has 1 aromatic rings. The number of nitriles is 1. The number of phenols is 1. The van der Waals surface area contributed by atoms with E-state index in [4.69, 9.17) is 0 Å². The molecule has 2 rings (SSSR count). The Kier molecular flexibility index (Phi) is 5.42. The van der Waals surface area contributed by atoms with Gasteiger partial charge in [0.15, 0.2) is 0 Å². The molecule has 1 fully saturated rings. The van der Waals surface area contributed by atoms with E-state index >= 15 is 0 Å². The van der Waals surface area contributed by atoms with Crippen LogP contribution in [0.3, 0.4) is 0 Å². The van der Waals surface area contributed by atoms with E-state index in [2.05, 4.69) is 5.32 Å². The number of aryl methyl sites for hydroxylation is 1. The van der Waals surface area contributed by atoms with Gasteiger partial charge in [0, 0.05) is 45.0 Å². The molecule has 0 aromatic heterocycles. The SMILES string of the molecule is CC(=O)N1CCN(C(=O)/C(C#N)=C\Nc2ccc(O)cc2C)CC1. The molecule has 0 radical (unpaired) electrons. The van der Waals surface area contributed by atoms with Gasteiger partial charge in [0.1, 0.15) is 17.4 Å². The van der Waals surface area contributed by atoms with Crippen LogP contribution in [-0.4, -0.2) is 52.9 Å². The standard InChI is InChI=1S/C17H20N4O3/c1-12-9-15(23)3-4-16(12)19-11-14(10-18)17(24)21-7-5-20(6-8-21)13(2)22/h3-4,9,11,19,23H,5-8H2,1-2H3/b14-11-. The van der Waals surface area contributed by atoms with Crippen LogP contribution in [0.2, 0.25) is 0 Å². The molecule has 24 heavy (non-hydrogen) atoms. The van der Waals surface area contributed by atoms with Crippen molar-refractivity contribution >= 4 is 17.5 Å². The van der Waals surface area contributed by atoms with Crippen molar-refractivity contribution in [2.45, 2.75) is 13.8 Å². The summed E-state index contributed by atoms with van der Waals surface area (Å²) in [7, 11) is 0. The highest BCUT2D eigenvalue weighted by molar-refractivity contribution is 5.97. The van der Waals surface area contributed by atoms with Crippen LogP contribution in [0.25, 0.3) is 0 Å². The van der Waals surface area contributed by atoms with E-state index in [1.807, 2.05) is 13.0 Å². The Morgan fingerprint density at radius 3 is 2.42 bits per heavy atom. The quantitative estimate of drug-likeness (QED) is 0.494. The van der Waals surface area contributed by atoms with Crippen molar-refractivity contribution in [1.82, 2.24) is 9.80 Å². The van der Waals surface area contributed by atoms with Gasteiger partial charge in [-0.1, -0.05) is 0 Å². The van der Waals surface area contributed by atoms with Gasteiger partial charge >= 0.3 is 0 Å². The van der Waals surface area contributed by atoms with Gasteiger partial charge in [0.2, 0.25) is 5.91 Å². The topological polar surface area (TPSA) is 96.7 Å². The number of benzene rings is 1. The van der Waals surface area contributed by atoms with Crippen molar-refractivity contribution in [3.8, 4) is 11.8 Å². The van der Waals surface area contributed by atoms with E-state index in [1.54, 1.807) is 21.9 Å². The fourth-order valence-corrected chi connectivity index (χ4v) is 2.50. The molecule has 1 heterocycles. The van der Waals surface area contributed by atoms with E-state index < -0.39 is 0 Å². The zero-order chi connectivity index (χ0) is 17.7. The molecule has 0 unspecified atom stereocenters. The number of hydrogen-bond acceptors (Lipinski definition) is 5.